The summed E-state index contributed by atoms with van der Waals surface area (Å²) >= 11 is 0. The minimum absolute atomic E-state index is 0.290. The summed E-state index contributed by atoms with van der Waals surface area (Å²) in [5, 5.41) is 6.87. The fourth-order valence-corrected chi connectivity index (χ4v) is 2.22. The molecule has 0 spiro atoms. The Morgan fingerprint density at radius 1 is 1.46 bits per heavy atom. The number of aliphatic carboxylic acids is 1. The van der Waals surface area contributed by atoms with Crippen molar-refractivity contribution in [2.24, 2.45) is 4.95 Å². The number of carboxylic acids is 1. The van der Waals surface area contributed by atoms with Gasteiger partial charge in [-0.05, 0) is 9.13 Å². The van der Waals surface area contributed by atoms with Gasteiger partial charge in [-0.15, -0.1) is 0 Å². The summed E-state index contributed by atoms with van der Waals surface area (Å²) in [5.74, 6) is -1.18. The standard InChI is InChI=1S/C4H5NO6P2/c6-3(7)1-2-4(13(10)11)12(9)5-8/h4H,1-2H2/p+2. The van der Waals surface area contributed by atoms with Gasteiger partial charge >= 0.3 is 27.3 Å². The van der Waals surface area contributed by atoms with Crippen LogP contribution in [-0.4, -0.2) is 21.4 Å². The molecule has 0 aromatic heterocycles. The van der Waals surface area contributed by atoms with Crippen LogP contribution < -0.4 is 0 Å². The molecule has 0 fully saturated rings. The first-order chi connectivity index (χ1) is 5.99. The lowest BCUT2D eigenvalue weighted by atomic mass is 10.3. The third kappa shape index (κ3) is 4.72. The average molecular weight is 227 g/mol. The van der Waals surface area contributed by atoms with Crippen molar-refractivity contribution in [2.45, 2.75) is 18.2 Å². The summed E-state index contributed by atoms with van der Waals surface area (Å²) in [6, 6.07) is 0. The van der Waals surface area contributed by atoms with Crippen molar-refractivity contribution in [3.8, 4) is 0 Å². The molecular formula is C4H7NO6P2+2. The average Bonchev–Trinajstić information content (AvgIpc) is 2.03. The first-order valence-corrected chi connectivity index (χ1v) is 5.72. The van der Waals surface area contributed by atoms with E-state index < -0.39 is 33.8 Å². The fraction of sp³-hybridized carbons (Fsp3) is 0.750. The Bertz CT molecular complexity index is 253. The van der Waals surface area contributed by atoms with E-state index in [4.69, 9.17) is 10.00 Å². The highest BCUT2D eigenvalue weighted by molar-refractivity contribution is 7.60. The molecule has 0 aliphatic heterocycles. The van der Waals surface area contributed by atoms with Gasteiger partial charge in [-0.2, -0.15) is 4.89 Å². The van der Waals surface area contributed by atoms with Crippen molar-refractivity contribution in [2.75, 3.05) is 0 Å². The smallest absolute Gasteiger partial charge is 0.481 e. The Kier molecular flexibility index (Phi) is 5.46. The largest absolute Gasteiger partial charge is 0.583 e. The molecule has 0 aromatic carbocycles. The third-order valence-electron chi connectivity index (χ3n) is 1.21. The Hall–Kier alpha value is -0.770. The van der Waals surface area contributed by atoms with Gasteiger partial charge in [-0.1, -0.05) is 4.91 Å². The van der Waals surface area contributed by atoms with E-state index in [0.29, 0.717) is 0 Å². The van der Waals surface area contributed by atoms with Gasteiger partial charge in [0.05, 0.1) is 12.8 Å². The molecule has 2 N–H and O–H groups in total. The van der Waals surface area contributed by atoms with Gasteiger partial charge in [0, 0.05) is 0 Å². The molecule has 7 nitrogen and oxygen atoms in total. The van der Waals surface area contributed by atoms with Crippen molar-refractivity contribution < 1.29 is 23.9 Å². The number of carbonyl (C=O) groups is 1. The molecule has 3 unspecified atom stereocenters. The summed E-state index contributed by atoms with van der Waals surface area (Å²) in [6.45, 7) is 0. The Balaban J connectivity index is 4.26. The molecule has 0 aliphatic carbocycles. The van der Waals surface area contributed by atoms with Crippen LogP contribution in [0.25, 0.3) is 0 Å². The predicted molar refractivity (Wildman–Crippen MR) is 43.9 cm³/mol. The summed E-state index contributed by atoms with van der Waals surface area (Å²) in [5.41, 5.74) is 0. The van der Waals surface area contributed by atoms with Gasteiger partial charge in [-0.25, -0.2) is 0 Å². The van der Waals surface area contributed by atoms with E-state index in [0.717, 1.165) is 0 Å². The number of carboxylic acid groups (broad SMARTS) is 1. The molecule has 0 heterocycles. The Labute approximate surface area is 74.8 Å². The van der Waals surface area contributed by atoms with Crippen molar-refractivity contribution in [3.63, 3.8) is 0 Å². The second kappa shape index (κ2) is 5.80. The molecule has 13 heavy (non-hydrogen) atoms. The van der Waals surface area contributed by atoms with Crippen LogP contribution in [0.2, 0.25) is 0 Å². The summed E-state index contributed by atoms with van der Waals surface area (Å²) in [7, 11) is -5.52. The van der Waals surface area contributed by atoms with E-state index in [9.17, 15) is 18.8 Å². The maximum absolute atomic E-state index is 10.7. The highest BCUT2D eigenvalue weighted by Crippen LogP contribution is 2.45. The zero-order chi connectivity index (χ0) is 10.4. The van der Waals surface area contributed by atoms with E-state index in [1.807, 2.05) is 0 Å². The van der Waals surface area contributed by atoms with Crippen molar-refractivity contribution in [1.29, 1.82) is 0 Å². The van der Waals surface area contributed by atoms with Crippen molar-refractivity contribution in [1.82, 2.24) is 0 Å². The quantitative estimate of drug-likeness (QED) is 0.522. The molecule has 0 amide bonds. The Morgan fingerprint density at radius 3 is 2.31 bits per heavy atom. The molecule has 0 saturated carbocycles. The lowest BCUT2D eigenvalue weighted by Crippen LogP contribution is -2.01. The number of rotatable bonds is 6. The molecule has 9 heteroatoms. The molecule has 0 bridgehead atoms. The lowest BCUT2D eigenvalue weighted by molar-refractivity contribution is -0.137. The first-order valence-electron chi connectivity index (χ1n) is 3.15. The maximum atomic E-state index is 10.7. The van der Waals surface area contributed by atoms with Gasteiger partial charge in [0.2, 0.25) is 4.95 Å². The molecule has 72 valence electrons. The van der Waals surface area contributed by atoms with Gasteiger partial charge < -0.3 is 5.11 Å². The first kappa shape index (κ1) is 12.2. The van der Waals surface area contributed by atoms with E-state index in [2.05, 4.69) is 4.95 Å². The summed E-state index contributed by atoms with van der Waals surface area (Å²) in [6.07, 6.45) is -0.703. The highest BCUT2D eigenvalue weighted by Gasteiger charge is 2.49. The van der Waals surface area contributed by atoms with Gasteiger partial charge in [0.1, 0.15) is 0 Å². The minimum atomic E-state index is -2.83. The monoisotopic (exact) mass is 227 g/mol. The molecule has 0 aromatic rings. The van der Waals surface area contributed by atoms with E-state index >= 15 is 0 Å². The second-order valence-corrected chi connectivity index (χ2v) is 5.13. The summed E-state index contributed by atoms with van der Waals surface area (Å²) < 4.78 is 21.2. The van der Waals surface area contributed by atoms with Crippen LogP contribution in [0, 0.1) is 4.91 Å². The molecule has 0 saturated heterocycles. The van der Waals surface area contributed by atoms with Gasteiger partial charge in [0.25, 0.3) is 0 Å². The SMILES string of the molecule is O=N[P+](=O)C(CCC(=O)O)[P+](=O)O. The zero-order valence-corrected chi connectivity index (χ0v) is 8.15. The predicted octanol–water partition coefficient (Wildman–Crippen LogP) is 1.42. The van der Waals surface area contributed by atoms with E-state index in [1.165, 1.54) is 0 Å². The number of hydrogen-bond acceptors (Lipinski definition) is 4. The van der Waals surface area contributed by atoms with Crippen LogP contribution in [0.4, 0.5) is 0 Å². The number of hydrogen-bond donors (Lipinski definition) is 2. The van der Waals surface area contributed by atoms with Gasteiger partial charge in [-0.3, -0.25) is 4.79 Å². The number of nitroso groups, excluding NO2 is 1. The molecule has 3 atom stereocenters. The third-order valence-corrected chi connectivity index (χ3v) is 4.09. The topological polar surface area (TPSA) is 121 Å². The van der Waals surface area contributed by atoms with Crippen LogP contribution in [-0.2, 0) is 13.9 Å². The molecule has 0 radical (unpaired) electrons. The van der Waals surface area contributed by atoms with E-state index in [1.54, 1.807) is 0 Å². The summed E-state index contributed by atoms with van der Waals surface area (Å²) in [4.78, 5) is 30.5. The van der Waals surface area contributed by atoms with Crippen LogP contribution in [0.3, 0.4) is 0 Å². The molecular weight excluding hydrogens is 220 g/mol. The molecule has 0 aliphatic rings. The van der Waals surface area contributed by atoms with Crippen LogP contribution in [0.15, 0.2) is 4.95 Å². The second-order valence-electron chi connectivity index (χ2n) is 2.10. The lowest BCUT2D eigenvalue weighted by Gasteiger charge is -1.87. The Morgan fingerprint density at radius 2 is 2.00 bits per heavy atom. The van der Waals surface area contributed by atoms with Crippen LogP contribution in [0.1, 0.15) is 12.8 Å². The fourth-order valence-electron chi connectivity index (χ4n) is 0.612. The highest BCUT2D eigenvalue weighted by atomic mass is 31.2. The zero-order valence-electron chi connectivity index (χ0n) is 6.36. The minimum Gasteiger partial charge on any atom is -0.481 e. The van der Waals surface area contributed by atoms with Gasteiger partial charge in [0.15, 0.2) is 0 Å². The van der Waals surface area contributed by atoms with E-state index in [-0.39, 0.29) is 6.42 Å². The van der Waals surface area contributed by atoms with Crippen molar-refractivity contribution >= 4 is 21.9 Å². The number of nitrogens with zero attached hydrogens (tertiary/aromatic N) is 1. The van der Waals surface area contributed by atoms with Crippen LogP contribution in [0.5, 0.6) is 0 Å². The molecule has 0 rings (SSSR count). The normalized spacial score (nSPS) is 14.5. The maximum Gasteiger partial charge on any atom is 0.583 e. The van der Waals surface area contributed by atoms with Crippen LogP contribution >= 0.6 is 16.0 Å². The van der Waals surface area contributed by atoms with Crippen molar-refractivity contribution in [3.05, 3.63) is 4.91 Å².